The van der Waals surface area contributed by atoms with Crippen LogP contribution in [0.5, 0.6) is 0 Å². The van der Waals surface area contributed by atoms with Crippen molar-refractivity contribution in [3.63, 3.8) is 0 Å². The van der Waals surface area contributed by atoms with E-state index in [0.29, 0.717) is 22.6 Å². The first kappa shape index (κ1) is 23.8. The largest absolute Gasteiger partial charge is 0.455 e. The van der Waals surface area contributed by atoms with Crippen molar-refractivity contribution >= 4 is 17.9 Å². The van der Waals surface area contributed by atoms with Crippen LogP contribution in [0.3, 0.4) is 0 Å². The zero-order valence-electron chi connectivity index (χ0n) is 20.5. The summed E-state index contributed by atoms with van der Waals surface area (Å²) in [7, 11) is 0. The Labute approximate surface area is 214 Å². The summed E-state index contributed by atoms with van der Waals surface area (Å²) in [4.78, 5) is 24.3. The van der Waals surface area contributed by atoms with Gasteiger partial charge in [-0.15, -0.1) is 0 Å². The highest BCUT2D eigenvalue weighted by Crippen LogP contribution is 2.26. The maximum Gasteiger partial charge on any atom is 0.271 e. The Morgan fingerprint density at radius 1 is 0.811 bits per heavy atom. The number of aromatic nitrogens is 1. The molecule has 0 radical (unpaired) electrons. The molecule has 182 valence electrons. The number of amides is 1. The monoisotopic (exact) mass is 487 g/mol. The van der Waals surface area contributed by atoms with E-state index in [4.69, 9.17) is 4.42 Å². The number of ketones is 1. The average Bonchev–Trinajstić information content (AvgIpc) is 3.56. The molecule has 0 aliphatic rings. The molecule has 37 heavy (non-hydrogen) atoms. The van der Waals surface area contributed by atoms with Crippen molar-refractivity contribution in [3.05, 3.63) is 126 Å². The van der Waals surface area contributed by atoms with Gasteiger partial charge in [0, 0.05) is 28.1 Å². The van der Waals surface area contributed by atoms with Crippen molar-refractivity contribution in [1.29, 1.82) is 0 Å². The zero-order valence-corrected chi connectivity index (χ0v) is 20.5. The Balaban J connectivity index is 1.26. The molecule has 0 saturated carbocycles. The first-order valence-corrected chi connectivity index (χ1v) is 11.9. The molecular weight excluding hydrogens is 462 g/mol. The van der Waals surface area contributed by atoms with Gasteiger partial charge in [-0.2, -0.15) is 5.10 Å². The molecule has 0 spiro atoms. The number of Topliss-reactive ketones (excluding diaryl/α,β-unsaturated/α-hetero) is 1. The number of hydrazone groups is 1. The number of hydrogen-bond donors (Lipinski definition) is 1. The van der Waals surface area contributed by atoms with E-state index in [1.165, 1.54) is 13.1 Å². The molecule has 2 heterocycles. The van der Waals surface area contributed by atoms with Crippen molar-refractivity contribution in [2.24, 2.45) is 5.10 Å². The number of carbonyl (C=O) groups is 2. The summed E-state index contributed by atoms with van der Waals surface area (Å²) in [5, 5.41) is 4.03. The Kier molecular flexibility index (Phi) is 6.64. The van der Waals surface area contributed by atoms with Gasteiger partial charge >= 0.3 is 0 Å². The van der Waals surface area contributed by atoms with Crippen LogP contribution >= 0.6 is 0 Å². The van der Waals surface area contributed by atoms with Crippen LogP contribution in [-0.4, -0.2) is 22.5 Å². The van der Waals surface area contributed by atoms with Gasteiger partial charge in [0.05, 0.1) is 11.9 Å². The predicted octanol–water partition coefficient (Wildman–Crippen LogP) is 6.68. The maximum absolute atomic E-state index is 12.6. The quantitative estimate of drug-likeness (QED) is 0.158. The molecule has 0 saturated heterocycles. The van der Waals surface area contributed by atoms with Crippen LogP contribution in [0.25, 0.3) is 28.3 Å². The Bertz CT molecular complexity index is 1590. The normalized spacial score (nSPS) is 11.1. The van der Waals surface area contributed by atoms with Crippen LogP contribution in [-0.2, 0) is 0 Å². The van der Waals surface area contributed by atoms with E-state index in [0.717, 1.165) is 28.2 Å². The average molecular weight is 488 g/mol. The van der Waals surface area contributed by atoms with Gasteiger partial charge in [-0.25, -0.2) is 5.43 Å². The fraction of sp³-hybridized carbons (Fsp3) is 0.0645. The third kappa shape index (κ3) is 5.18. The predicted molar refractivity (Wildman–Crippen MR) is 145 cm³/mol. The summed E-state index contributed by atoms with van der Waals surface area (Å²) in [6.45, 7) is 3.58. The lowest BCUT2D eigenvalue weighted by Crippen LogP contribution is -2.17. The lowest BCUT2D eigenvalue weighted by molar-refractivity contribution is 0.0954. The van der Waals surface area contributed by atoms with Gasteiger partial charge in [0.25, 0.3) is 5.91 Å². The first-order valence-electron chi connectivity index (χ1n) is 11.9. The second-order valence-corrected chi connectivity index (χ2v) is 8.65. The van der Waals surface area contributed by atoms with E-state index in [-0.39, 0.29) is 11.7 Å². The van der Waals surface area contributed by atoms with Gasteiger partial charge < -0.3 is 8.98 Å². The van der Waals surface area contributed by atoms with Crippen LogP contribution < -0.4 is 5.43 Å². The molecule has 5 rings (SSSR count). The first-order chi connectivity index (χ1) is 18.0. The van der Waals surface area contributed by atoms with Crippen molar-refractivity contribution < 1.29 is 14.0 Å². The third-order valence-electron chi connectivity index (χ3n) is 6.07. The highest BCUT2D eigenvalue weighted by atomic mass is 16.3. The Hall–Kier alpha value is -4.97. The molecule has 2 aromatic heterocycles. The molecule has 6 nitrogen and oxygen atoms in total. The van der Waals surface area contributed by atoms with Crippen molar-refractivity contribution in [2.75, 3.05) is 0 Å². The summed E-state index contributed by atoms with van der Waals surface area (Å²) in [6, 6.07) is 32.6. The fourth-order valence-corrected chi connectivity index (χ4v) is 4.17. The van der Waals surface area contributed by atoms with Gasteiger partial charge in [0.2, 0.25) is 0 Å². The molecular formula is C31H25N3O3. The van der Waals surface area contributed by atoms with Crippen LogP contribution in [0.2, 0.25) is 0 Å². The number of hydrogen-bond acceptors (Lipinski definition) is 4. The second-order valence-electron chi connectivity index (χ2n) is 8.65. The third-order valence-corrected chi connectivity index (χ3v) is 6.07. The minimum Gasteiger partial charge on any atom is -0.455 e. The highest BCUT2D eigenvalue weighted by molar-refractivity contribution is 5.95. The van der Waals surface area contributed by atoms with Crippen LogP contribution in [0.1, 0.15) is 39.1 Å². The molecule has 0 fully saturated rings. The van der Waals surface area contributed by atoms with E-state index in [2.05, 4.69) is 46.3 Å². The number of aryl methyl sites for hydroxylation is 1. The van der Waals surface area contributed by atoms with E-state index >= 15 is 0 Å². The lowest BCUT2D eigenvalue weighted by atomic mass is 10.1. The van der Waals surface area contributed by atoms with Crippen molar-refractivity contribution in [1.82, 2.24) is 9.99 Å². The SMILES string of the molecule is CC(=O)c1cccc(-c2ccc(/C=N/NC(=O)c3ccc(-n4c(C)ccc4-c4ccccc4)cc3)o2)c1. The number of nitrogens with one attached hydrogen (secondary N) is 1. The molecule has 6 heteroatoms. The van der Waals surface area contributed by atoms with E-state index < -0.39 is 0 Å². The topological polar surface area (TPSA) is 76.6 Å². The minimum absolute atomic E-state index is 0.00827. The number of benzene rings is 3. The van der Waals surface area contributed by atoms with Crippen LogP contribution in [0.4, 0.5) is 0 Å². The van der Waals surface area contributed by atoms with E-state index in [1.807, 2.05) is 42.5 Å². The summed E-state index contributed by atoms with van der Waals surface area (Å²) in [5.74, 6) is 0.763. The van der Waals surface area contributed by atoms with Crippen molar-refractivity contribution in [2.45, 2.75) is 13.8 Å². The Morgan fingerprint density at radius 2 is 1.57 bits per heavy atom. The number of rotatable bonds is 7. The smallest absolute Gasteiger partial charge is 0.271 e. The molecule has 1 N–H and O–H groups in total. The molecule has 0 aliphatic heterocycles. The number of carbonyl (C=O) groups excluding carboxylic acids is 2. The molecule has 3 aromatic carbocycles. The molecule has 0 unspecified atom stereocenters. The number of furan rings is 1. The maximum atomic E-state index is 12.6. The highest BCUT2D eigenvalue weighted by Gasteiger charge is 2.11. The van der Waals surface area contributed by atoms with E-state index in [1.54, 1.807) is 36.4 Å². The molecule has 5 aromatic rings. The molecule has 0 atom stereocenters. The van der Waals surface area contributed by atoms with Gasteiger partial charge in [0.1, 0.15) is 11.5 Å². The van der Waals surface area contributed by atoms with Gasteiger partial charge in [-0.1, -0.05) is 48.5 Å². The minimum atomic E-state index is -0.323. The number of nitrogens with zero attached hydrogens (tertiary/aromatic N) is 2. The van der Waals surface area contributed by atoms with Gasteiger partial charge in [-0.05, 0) is 74.0 Å². The second kappa shape index (κ2) is 10.3. The summed E-state index contributed by atoms with van der Waals surface area (Å²) >= 11 is 0. The zero-order chi connectivity index (χ0) is 25.8. The summed E-state index contributed by atoms with van der Waals surface area (Å²) in [6.07, 6.45) is 1.44. The van der Waals surface area contributed by atoms with E-state index in [9.17, 15) is 9.59 Å². The van der Waals surface area contributed by atoms with Crippen LogP contribution in [0.15, 0.2) is 113 Å². The van der Waals surface area contributed by atoms with Crippen molar-refractivity contribution in [3.8, 4) is 28.3 Å². The summed E-state index contributed by atoms with van der Waals surface area (Å²) < 4.78 is 7.96. The molecule has 0 bridgehead atoms. The standard InChI is InChI=1S/C31H25N3O3/c1-21-11-17-29(23-7-4-3-5-8-23)34(21)27-14-12-24(13-15-27)31(36)33-32-20-28-16-18-30(37-28)26-10-6-9-25(19-26)22(2)35/h3-20H,1-2H3,(H,33,36)/b32-20+. The van der Waals surface area contributed by atoms with Gasteiger partial charge in [-0.3, -0.25) is 9.59 Å². The van der Waals surface area contributed by atoms with Crippen LogP contribution in [0, 0.1) is 6.92 Å². The molecule has 0 aliphatic carbocycles. The Morgan fingerprint density at radius 3 is 2.32 bits per heavy atom. The summed E-state index contributed by atoms with van der Waals surface area (Å²) in [5.41, 5.74) is 8.74. The van der Waals surface area contributed by atoms with Gasteiger partial charge in [0.15, 0.2) is 5.78 Å². The lowest BCUT2D eigenvalue weighted by Gasteiger charge is -2.12. The molecule has 1 amide bonds. The fourth-order valence-electron chi connectivity index (χ4n) is 4.17.